The number of amides is 2. The molecule has 134 valence electrons. The van der Waals surface area contributed by atoms with E-state index in [-0.39, 0.29) is 25.0 Å². The molecule has 1 atom stereocenters. The van der Waals surface area contributed by atoms with Gasteiger partial charge >= 0.3 is 12.0 Å². The average Bonchev–Trinajstić information content (AvgIpc) is 2.51. The fraction of sp³-hybridized carbons (Fsp3) is 0.556. The summed E-state index contributed by atoms with van der Waals surface area (Å²) in [4.78, 5) is 22.6. The van der Waals surface area contributed by atoms with Crippen LogP contribution in [0.1, 0.15) is 51.6 Å². The first-order valence-electron chi connectivity index (χ1n) is 8.41. The number of aliphatic carboxylic acids is 1. The molecular formula is C18H28N2O4. The molecule has 3 N–H and O–H groups in total. The van der Waals surface area contributed by atoms with Gasteiger partial charge in [0.15, 0.2) is 0 Å². The summed E-state index contributed by atoms with van der Waals surface area (Å²) in [5.41, 5.74) is 0.938. The molecule has 0 saturated carbocycles. The molecule has 1 aromatic rings. The molecule has 0 aliphatic rings. The first-order valence-corrected chi connectivity index (χ1v) is 8.41. The Morgan fingerprint density at radius 1 is 1.25 bits per heavy atom. The van der Waals surface area contributed by atoms with Crippen molar-refractivity contribution in [2.45, 2.75) is 46.1 Å². The van der Waals surface area contributed by atoms with Crippen LogP contribution in [0.15, 0.2) is 24.3 Å². The van der Waals surface area contributed by atoms with Crippen molar-refractivity contribution < 1.29 is 19.4 Å². The molecule has 24 heavy (non-hydrogen) atoms. The van der Waals surface area contributed by atoms with Crippen LogP contribution in [0.4, 0.5) is 4.79 Å². The molecule has 0 heterocycles. The molecule has 0 spiro atoms. The lowest BCUT2D eigenvalue weighted by molar-refractivity contribution is -0.136. The molecule has 0 aliphatic carbocycles. The Labute approximate surface area is 143 Å². The maximum Gasteiger partial charge on any atom is 0.315 e. The van der Waals surface area contributed by atoms with E-state index in [9.17, 15) is 9.59 Å². The highest BCUT2D eigenvalue weighted by atomic mass is 16.5. The molecule has 0 radical (unpaired) electrons. The van der Waals surface area contributed by atoms with E-state index in [4.69, 9.17) is 9.84 Å². The van der Waals surface area contributed by atoms with Crippen molar-refractivity contribution in [2.24, 2.45) is 5.92 Å². The molecule has 0 bridgehead atoms. The summed E-state index contributed by atoms with van der Waals surface area (Å²) < 4.78 is 5.79. The van der Waals surface area contributed by atoms with Crippen molar-refractivity contribution in [3.63, 3.8) is 0 Å². The third kappa shape index (κ3) is 7.35. The minimum atomic E-state index is -0.938. The first-order chi connectivity index (χ1) is 11.4. The standard InChI is InChI=1S/C18H28N2O4/c1-4-11-24-16-8-6-5-7-14(16)15(12-13(2)3)20-18(23)19-10-9-17(21)22/h5-8,13,15H,4,9-12H2,1-3H3,(H,21,22)(H2,19,20,23). The summed E-state index contributed by atoms with van der Waals surface area (Å²) in [5.74, 6) is 0.219. The second kappa shape index (κ2) is 10.5. The number of para-hydroxylation sites is 1. The zero-order valence-electron chi connectivity index (χ0n) is 14.7. The van der Waals surface area contributed by atoms with Gasteiger partial charge in [0, 0.05) is 12.1 Å². The van der Waals surface area contributed by atoms with E-state index in [1.54, 1.807) is 0 Å². The number of rotatable bonds is 10. The number of carboxylic acids is 1. The molecule has 0 saturated heterocycles. The number of ether oxygens (including phenoxy) is 1. The molecule has 2 amide bonds. The number of nitrogens with one attached hydrogen (secondary N) is 2. The number of hydrogen-bond donors (Lipinski definition) is 3. The van der Waals surface area contributed by atoms with Gasteiger partial charge in [0.2, 0.25) is 0 Å². The molecule has 0 aliphatic heterocycles. The number of carbonyl (C=O) groups excluding carboxylic acids is 1. The lowest BCUT2D eigenvalue weighted by Crippen LogP contribution is -2.39. The van der Waals surface area contributed by atoms with E-state index in [1.165, 1.54) is 0 Å². The zero-order chi connectivity index (χ0) is 17.9. The highest BCUT2D eigenvalue weighted by Crippen LogP contribution is 2.29. The SMILES string of the molecule is CCCOc1ccccc1C(CC(C)C)NC(=O)NCCC(=O)O. The quantitative estimate of drug-likeness (QED) is 0.611. The van der Waals surface area contributed by atoms with Gasteiger partial charge in [-0.05, 0) is 24.8 Å². The maximum absolute atomic E-state index is 12.1. The van der Waals surface area contributed by atoms with Crippen LogP contribution in [0.5, 0.6) is 5.75 Å². The van der Waals surface area contributed by atoms with Gasteiger partial charge in [0.25, 0.3) is 0 Å². The fourth-order valence-corrected chi connectivity index (χ4v) is 2.34. The molecule has 0 fully saturated rings. The van der Waals surface area contributed by atoms with E-state index >= 15 is 0 Å². The normalized spacial score (nSPS) is 11.8. The van der Waals surface area contributed by atoms with E-state index in [1.807, 2.05) is 31.2 Å². The van der Waals surface area contributed by atoms with Crippen molar-refractivity contribution >= 4 is 12.0 Å². The lowest BCUT2D eigenvalue weighted by atomic mass is 9.96. The minimum Gasteiger partial charge on any atom is -0.493 e. The number of carbonyl (C=O) groups is 2. The van der Waals surface area contributed by atoms with Crippen molar-refractivity contribution in [3.05, 3.63) is 29.8 Å². The Morgan fingerprint density at radius 2 is 1.96 bits per heavy atom. The van der Waals surface area contributed by atoms with Crippen LogP contribution < -0.4 is 15.4 Å². The Morgan fingerprint density at radius 3 is 2.58 bits per heavy atom. The lowest BCUT2D eigenvalue weighted by Gasteiger charge is -2.23. The van der Waals surface area contributed by atoms with Gasteiger partial charge in [0.05, 0.1) is 19.1 Å². The summed E-state index contributed by atoms with van der Waals surface area (Å²) in [7, 11) is 0. The third-order valence-corrected chi connectivity index (χ3v) is 3.39. The number of carboxylic acid groups (broad SMARTS) is 1. The topological polar surface area (TPSA) is 87.7 Å². The molecule has 1 rings (SSSR count). The highest BCUT2D eigenvalue weighted by molar-refractivity contribution is 5.75. The Hall–Kier alpha value is -2.24. The summed E-state index contributed by atoms with van der Waals surface area (Å²) in [6.45, 7) is 6.95. The van der Waals surface area contributed by atoms with Crippen LogP contribution in [-0.2, 0) is 4.79 Å². The summed E-state index contributed by atoms with van der Waals surface area (Å²) in [6, 6.07) is 7.13. The van der Waals surface area contributed by atoms with Gasteiger partial charge in [-0.1, -0.05) is 39.0 Å². The number of urea groups is 1. The van der Waals surface area contributed by atoms with Gasteiger partial charge in [-0.3, -0.25) is 4.79 Å². The zero-order valence-corrected chi connectivity index (χ0v) is 14.7. The van der Waals surface area contributed by atoms with Crippen LogP contribution in [-0.4, -0.2) is 30.3 Å². The van der Waals surface area contributed by atoms with E-state index in [2.05, 4.69) is 24.5 Å². The van der Waals surface area contributed by atoms with Crippen molar-refractivity contribution in [1.29, 1.82) is 0 Å². The molecular weight excluding hydrogens is 308 g/mol. The van der Waals surface area contributed by atoms with Crippen LogP contribution >= 0.6 is 0 Å². The second-order valence-corrected chi connectivity index (χ2v) is 6.11. The van der Waals surface area contributed by atoms with E-state index in [0.29, 0.717) is 12.5 Å². The molecule has 1 aromatic carbocycles. The monoisotopic (exact) mass is 336 g/mol. The molecule has 0 aromatic heterocycles. The average molecular weight is 336 g/mol. The number of benzene rings is 1. The van der Waals surface area contributed by atoms with Gasteiger partial charge in [-0.2, -0.15) is 0 Å². The Bertz CT molecular complexity index is 532. The molecule has 6 heteroatoms. The number of hydrogen-bond acceptors (Lipinski definition) is 3. The summed E-state index contributed by atoms with van der Waals surface area (Å²) in [6.07, 6.45) is 1.57. The fourth-order valence-electron chi connectivity index (χ4n) is 2.34. The Balaban J connectivity index is 2.81. The predicted octanol–water partition coefficient (Wildman–Crippen LogP) is 3.34. The van der Waals surface area contributed by atoms with Gasteiger partial charge in [0.1, 0.15) is 5.75 Å². The Kier molecular flexibility index (Phi) is 8.68. The summed E-state index contributed by atoms with van der Waals surface area (Å²) in [5, 5.41) is 14.1. The van der Waals surface area contributed by atoms with Gasteiger partial charge in [-0.25, -0.2) is 4.79 Å². The highest BCUT2D eigenvalue weighted by Gasteiger charge is 2.19. The smallest absolute Gasteiger partial charge is 0.315 e. The van der Waals surface area contributed by atoms with Crippen molar-refractivity contribution in [1.82, 2.24) is 10.6 Å². The maximum atomic E-state index is 12.1. The van der Waals surface area contributed by atoms with Crippen LogP contribution in [0, 0.1) is 5.92 Å². The first kappa shape index (κ1) is 19.8. The van der Waals surface area contributed by atoms with Gasteiger partial charge in [-0.15, -0.1) is 0 Å². The van der Waals surface area contributed by atoms with Crippen LogP contribution in [0.25, 0.3) is 0 Å². The van der Waals surface area contributed by atoms with Crippen molar-refractivity contribution in [2.75, 3.05) is 13.2 Å². The third-order valence-electron chi connectivity index (χ3n) is 3.39. The van der Waals surface area contributed by atoms with Crippen molar-refractivity contribution in [3.8, 4) is 5.75 Å². The second-order valence-electron chi connectivity index (χ2n) is 6.11. The predicted molar refractivity (Wildman–Crippen MR) is 93.2 cm³/mol. The molecule has 1 unspecified atom stereocenters. The van der Waals surface area contributed by atoms with Crippen LogP contribution in [0.3, 0.4) is 0 Å². The van der Waals surface area contributed by atoms with E-state index < -0.39 is 5.97 Å². The van der Waals surface area contributed by atoms with Gasteiger partial charge < -0.3 is 20.5 Å². The summed E-state index contributed by atoms with van der Waals surface area (Å²) >= 11 is 0. The largest absolute Gasteiger partial charge is 0.493 e. The van der Waals surface area contributed by atoms with E-state index in [0.717, 1.165) is 24.2 Å². The molecule has 6 nitrogen and oxygen atoms in total. The van der Waals surface area contributed by atoms with Crippen LogP contribution in [0.2, 0.25) is 0 Å². The minimum absolute atomic E-state index is 0.0987.